The van der Waals surface area contributed by atoms with Crippen LogP contribution in [0.25, 0.3) is 0 Å². The Hall–Kier alpha value is -2.04. The molecule has 1 aliphatic rings. The first-order valence-electron chi connectivity index (χ1n) is 6.13. The van der Waals surface area contributed by atoms with Crippen molar-refractivity contribution in [3.63, 3.8) is 0 Å². The van der Waals surface area contributed by atoms with Gasteiger partial charge < -0.3 is 14.4 Å². The predicted molar refractivity (Wildman–Crippen MR) is 69.7 cm³/mol. The minimum Gasteiger partial charge on any atom is -0.469 e. The number of carbonyl (C=O) groups is 2. The van der Waals surface area contributed by atoms with Gasteiger partial charge >= 0.3 is 11.9 Å². The Balaban J connectivity index is 2.20. The predicted octanol–water partition coefficient (Wildman–Crippen LogP) is 1.08. The van der Waals surface area contributed by atoms with E-state index >= 15 is 0 Å². The average Bonchev–Trinajstić information content (AvgIpc) is 2.91. The second-order valence-corrected chi connectivity index (χ2v) is 4.50. The third kappa shape index (κ3) is 2.70. The molecule has 0 bridgehead atoms. The summed E-state index contributed by atoms with van der Waals surface area (Å²) in [6, 6.07) is 9.68. The van der Waals surface area contributed by atoms with Crippen molar-refractivity contribution in [2.45, 2.75) is 0 Å². The number of ether oxygens (including phenoxy) is 2. The van der Waals surface area contributed by atoms with Gasteiger partial charge in [0.15, 0.2) is 0 Å². The first-order valence-corrected chi connectivity index (χ1v) is 6.13. The Morgan fingerprint density at radius 2 is 1.47 bits per heavy atom. The number of methoxy groups -OCH3 is 2. The van der Waals surface area contributed by atoms with E-state index in [-0.39, 0.29) is 11.9 Å². The fraction of sp³-hybridized carbons (Fsp3) is 0.429. The topological polar surface area (TPSA) is 55.8 Å². The highest BCUT2D eigenvalue weighted by atomic mass is 16.5. The Morgan fingerprint density at radius 1 is 1.00 bits per heavy atom. The number of benzene rings is 1. The summed E-state index contributed by atoms with van der Waals surface area (Å²) >= 11 is 0. The molecular formula is C14H17NO4. The summed E-state index contributed by atoms with van der Waals surface area (Å²) in [5.41, 5.74) is 0.989. The maximum atomic E-state index is 11.8. The molecule has 0 saturated carbocycles. The van der Waals surface area contributed by atoms with Crippen LogP contribution in [0.4, 0.5) is 5.69 Å². The SMILES string of the molecule is COC(=O)[C@H]1CN(c2ccccc2)C[C@@H]1C(=O)OC. The van der Waals surface area contributed by atoms with Crippen molar-refractivity contribution in [1.29, 1.82) is 0 Å². The smallest absolute Gasteiger partial charge is 0.311 e. The minimum absolute atomic E-state index is 0.367. The summed E-state index contributed by atoms with van der Waals surface area (Å²) < 4.78 is 9.54. The molecule has 2 atom stereocenters. The highest BCUT2D eigenvalue weighted by Crippen LogP contribution is 2.29. The molecule has 1 fully saturated rings. The van der Waals surface area contributed by atoms with E-state index in [1.54, 1.807) is 0 Å². The van der Waals surface area contributed by atoms with E-state index in [2.05, 4.69) is 0 Å². The molecule has 1 aliphatic heterocycles. The zero-order valence-corrected chi connectivity index (χ0v) is 11.0. The Morgan fingerprint density at radius 3 is 1.89 bits per heavy atom. The van der Waals surface area contributed by atoms with Gasteiger partial charge in [-0.25, -0.2) is 0 Å². The molecule has 1 saturated heterocycles. The third-order valence-corrected chi connectivity index (χ3v) is 3.45. The van der Waals surface area contributed by atoms with E-state index in [1.807, 2.05) is 35.2 Å². The van der Waals surface area contributed by atoms with Gasteiger partial charge in [0.2, 0.25) is 0 Å². The third-order valence-electron chi connectivity index (χ3n) is 3.45. The Labute approximate surface area is 112 Å². The zero-order chi connectivity index (χ0) is 13.8. The second-order valence-electron chi connectivity index (χ2n) is 4.50. The quantitative estimate of drug-likeness (QED) is 0.764. The number of carbonyl (C=O) groups excluding carboxylic acids is 2. The molecule has 0 N–H and O–H groups in total. The molecule has 0 aromatic heterocycles. The molecule has 0 amide bonds. The lowest BCUT2D eigenvalue weighted by Gasteiger charge is -2.17. The summed E-state index contributed by atoms with van der Waals surface area (Å²) in [5, 5.41) is 0. The van der Waals surface area contributed by atoms with Gasteiger partial charge in [0.25, 0.3) is 0 Å². The summed E-state index contributed by atoms with van der Waals surface area (Å²) in [7, 11) is 2.67. The van der Waals surface area contributed by atoms with Crippen molar-refractivity contribution in [2.24, 2.45) is 11.8 Å². The average molecular weight is 263 g/mol. The maximum absolute atomic E-state index is 11.8. The van der Waals surface area contributed by atoms with E-state index in [0.29, 0.717) is 13.1 Å². The Bertz CT molecular complexity index is 436. The molecule has 1 aromatic rings. The minimum atomic E-state index is -0.474. The van der Waals surface area contributed by atoms with Crippen LogP contribution in [0.15, 0.2) is 30.3 Å². The molecule has 0 radical (unpaired) electrons. The van der Waals surface area contributed by atoms with Crippen LogP contribution in [0.3, 0.4) is 0 Å². The van der Waals surface area contributed by atoms with Gasteiger partial charge in [0, 0.05) is 18.8 Å². The van der Waals surface area contributed by atoms with E-state index in [4.69, 9.17) is 9.47 Å². The van der Waals surface area contributed by atoms with E-state index < -0.39 is 11.8 Å². The summed E-state index contributed by atoms with van der Waals surface area (Å²) in [5.74, 6) is -1.68. The number of hydrogen-bond donors (Lipinski definition) is 0. The highest BCUT2D eigenvalue weighted by Gasteiger charge is 2.43. The molecule has 5 heteroatoms. The second kappa shape index (κ2) is 5.73. The van der Waals surface area contributed by atoms with Crippen molar-refractivity contribution < 1.29 is 19.1 Å². The summed E-state index contributed by atoms with van der Waals surface area (Å²) in [6.07, 6.45) is 0. The van der Waals surface area contributed by atoms with E-state index in [1.165, 1.54) is 14.2 Å². The number of nitrogens with zero attached hydrogens (tertiary/aromatic N) is 1. The fourth-order valence-electron chi connectivity index (χ4n) is 2.43. The van der Waals surface area contributed by atoms with Crippen molar-refractivity contribution in [3.8, 4) is 0 Å². The van der Waals surface area contributed by atoms with Gasteiger partial charge in [-0.1, -0.05) is 18.2 Å². The van der Waals surface area contributed by atoms with Gasteiger partial charge in [-0.15, -0.1) is 0 Å². The summed E-state index contributed by atoms with van der Waals surface area (Å²) in [4.78, 5) is 25.5. The van der Waals surface area contributed by atoms with Crippen molar-refractivity contribution in [1.82, 2.24) is 0 Å². The number of anilines is 1. The van der Waals surface area contributed by atoms with Crippen LogP contribution < -0.4 is 4.90 Å². The molecule has 102 valence electrons. The largest absolute Gasteiger partial charge is 0.469 e. The number of para-hydroxylation sites is 1. The lowest BCUT2D eigenvalue weighted by molar-refractivity contribution is -0.155. The van der Waals surface area contributed by atoms with E-state index in [9.17, 15) is 9.59 Å². The molecule has 1 heterocycles. The number of esters is 2. The van der Waals surface area contributed by atoms with Crippen LogP contribution in [0, 0.1) is 11.8 Å². The molecule has 2 rings (SSSR count). The monoisotopic (exact) mass is 263 g/mol. The fourth-order valence-corrected chi connectivity index (χ4v) is 2.43. The molecule has 0 spiro atoms. The normalized spacial score (nSPS) is 22.1. The van der Waals surface area contributed by atoms with E-state index in [0.717, 1.165) is 5.69 Å². The number of hydrogen-bond acceptors (Lipinski definition) is 5. The van der Waals surface area contributed by atoms with Gasteiger partial charge in [-0.2, -0.15) is 0 Å². The lowest BCUT2D eigenvalue weighted by Crippen LogP contribution is -2.30. The van der Waals surface area contributed by atoms with Gasteiger partial charge in [0.05, 0.1) is 26.1 Å². The van der Waals surface area contributed by atoms with Gasteiger partial charge in [-0.3, -0.25) is 9.59 Å². The van der Waals surface area contributed by atoms with Gasteiger partial charge in [-0.05, 0) is 12.1 Å². The molecule has 19 heavy (non-hydrogen) atoms. The zero-order valence-electron chi connectivity index (χ0n) is 11.0. The molecule has 0 unspecified atom stereocenters. The van der Waals surface area contributed by atoms with Crippen molar-refractivity contribution in [2.75, 3.05) is 32.2 Å². The van der Waals surface area contributed by atoms with Crippen LogP contribution >= 0.6 is 0 Å². The van der Waals surface area contributed by atoms with Crippen molar-refractivity contribution >= 4 is 17.6 Å². The molecular weight excluding hydrogens is 246 g/mol. The van der Waals surface area contributed by atoms with Crippen LogP contribution in [-0.4, -0.2) is 39.2 Å². The van der Waals surface area contributed by atoms with Crippen LogP contribution in [-0.2, 0) is 19.1 Å². The Kier molecular flexibility index (Phi) is 4.04. The summed E-state index contributed by atoms with van der Waals surface area (Å²) in [6.45, 7) is 0.937. The molecule has 1 aromatic carbocycles. The highest BCUT2D eigenvalue weighted by molar-refractivity contribution is 5.84. The first-order chi connectivity index (χ1) is 9.17. The van der Waals surface area contributed by atoms with Crippen LogP contribution in [0.2, 0.25) is 0 Å². The lowest BCUT2D eigenvalue weighted by atomic mass is 9.96. The first kappa shape index (κ1) is 13.4. The van der Waals surface area contributed by atoms with Crippen LogP contribution in [0.5, 0.6) is 0 Å². The van der Waals surface area contributed by atoms with Crippen LogP contribution in [0.1, 0.15) is 0 Å². The maximum Gasteiger partial charge on any atom is 0.311 e. The molecule has 5 nitrogen and oxygen atoms in total. The van der Waals surface area contributed by atoms with Crippen molar-refractivity contribution in [3.05, 3.63) is 30.3 Å². The molecule has 0 aliphatic carbocycles. The standard InChI is InChI=1S/C14H17NO4/c1-18-13(16)11-8-15(9-12(11)14(17)19-2)10-6-4-3-5-7-10/h3-7,11-12H,8-9H2,1-2H3/t11-,12-/m0/s1. The number of rotatable bonds is 3. The van der Waals surface area contributed by atoms with Gasteiger partial charge in [0.1, 0.15) is 0 Å².